The van der Waals surface area contributed by atoms with Crippen LogP contribution in [0.5, 0.6) is 23.0 Å². The maximum Gasteiger partial charge on any atom is 0.123 e. The van der Waals surface area contributed by atoms with Crippen LogP contribution in [0.15, 0.2) is 36.4 Å². The largest absolute Gasteiger partial charge is 0.497 e. The van der Waals surface area contributed by atoms with Crippen molar-refractivity contribution in [3.8, 4) is 23.0 Å². The molecule has 0 radical (unpaired) electrons. The zero-order valence-electron chi connectivity index (χ0n) is 15.3. The average Bonchev–Trinajstić information content (AvgIpc) is 2.65. The molecular weight excluding hydrogens is 342 g/mol. The molecule has 2 aromatic rings. The smallest absolute Gasteiger partial charge is 0.123 e. The quantitative estimate of drug-likeness (QED) is 0.764. The molecule has 2 rings (SSSR count). The van der Waals surface area contributed by atoms with Gasteiger partial charge in [0.15, 0.2) is 0 Å². The zero-order valence-corrected chi connectivity index (χ0v) is 16.1. The van der Waals surface area contributed by atoms with Crippen molar-refractivity contribution in [3.05, 3.63) is 47.5 Å². The molecule has 0 saturated heterocycles. The predicted octanol–water partition coefficient (Wildman–Crippen LogP) is 3.99. The van der Waals surface area contributed by atoms with E-state index in [2.05, 4.69) is 12.2 Å². The normalized spacial score (nSPS) is 11.2. The number of methoxy groups -OCH3 is 4. The summed E-state index contributed by atoms with van der Waals surface area (Å²) >= 11 is 0. The van der Waals surface area contributed by atoms with Gasteiger partial charge in [-0.2, -0.15) is 0 Å². The molecule has 0 aliphatic carbocycles. The number of nitrogens with one attached hydrogen (secondary N) is 1. The fourth-order valence-electron chi connectivity index (χ4n) is 2.57. The second-order valence-corrected chi connectivity index (χ2v) is 5.39. The molecule has 138 valence electrons. The van der Waals surface area contributed by atoms with E-state index in [1.54, 1.807) is 28.4 Å². The van der Waals surface area contributed by atoms with Gasteiger partial charge in [0.25, 0.3) is 0 Å². The van der Waals surface area contributed by atoms with Crippen molar-refractivity contribution in [3.63, 3.8) is 0 Å². The minimum atomic E-state index is 0. The van der Waals surface area contributed by atoms with Crippen molar-refractivity contribution < 1.29 is 18.9 Å². The third-order valence-electron chi connectivity index (χ3n) is 3.99. The van der Waals surface area contributed by atoms with Gasteiger partial charge in [0, 0.05) is 23.7 Å². The summed E-state index contributed by atoms with van der Waals surface area (Å²) in [6.07, 6.45) is 0. The zero-order chi connectivity index (χ0) is 17.5. The summed E-state index contributed by atoms with van der Waals surface area (Å²) in [5, 5.41) is 3.50. The van der Waals surface area contributed by atoms with Crippen LogP contribution in [-0.4, -0.2) is 28.4 Å². The van der Waals surface area contributed by atoms with Gasteiger partial charge in [-0.3, -0.25) is 0 Å². The van der Waals surface area contributed by atoms with Crippen LogP contribution in [-0.2, 0) is 6.54 Å². The minimum absolute atomic E-state index is 0. The molecule has 2 aromatic carbocycles. The van der Waals surface area contributed by atoms with Crippen LogP contribution in [0, 0.1) is 0 Å². The van der Waals surface area contributed by atoms with Crippen molar-refractivity contribution in [2.45, 2.75) is 19.5 Å². The molecule has 5 nitrogen and oxygen atoms in total. The topological polar surface area (TPSA) is 49.0 Å². The van der Waals surface area contributed by atoms with Crippen LogP contribution >= 0.6 is 12.4 Å². The number of hydrogen-bond donors (Lipinski definition) is 1. The summed E-state index contributed by atoms with van der Waals surface area (Å²) < 4.78 is 21.5. The van der Waals surface area contributed by atoms with Gasteiger partial charge in [0.1, 0.15) is 23.0 Å². The standard InChI is InChI=1S/C19H25NO4.ClH/c1-13(17-11-16(22-3)7-9-19(17)24-5)20-12-14-10-15(21-2)6-8-18(14)23-4;/h6-11,13,20H,12H2,1-5H3;1H. The van der Waals surface area contributed by atoms with E-state index in [4.69, 9.17) is 18.9 Å². The molecule has 0 aliphatic rings. The monoisotopic (exact) mass is 367 g/mol. The van der Waals surface area contributed by atoms with Gasteiger partial charge >= 0.3 is 0 Å². The Morgan fingerprint density at radius 2 is 1.36 bits per heavy atom. The molecule has 0 heterocycles. The number of halogens is 1. The van der Waals surface area contributed by atoms with Crippen LogP contribution in [0.25, 0.3) is 0 Å². The molecule has 1 N–H and O–H groups in total. The minimum Gasteiger partial charge on any atom is -0.497 e. The van der Waals surface area contributed by atoms with Gasteiger partial charge in [0.05, 0.1) is 28.4 Å². The Bertz CT molecular complexity index is 678. The molecule has 1 atom stereocenters. The summed E-state index contributed by atoms with van der Waals surface area (Å²) in [7, 11) is 6.65. The first kappa shape index (κ1) is 20.9. The first-order valence-corrected chi connectivity index (χ1v) is 7.79. The number of ether oxygens (including phenoxy) is 4. The van der Waals surface area contributed by atoms with E-state index in [0.29, 0.717) is 6.54 Å². The van der Waals surface area contributed by atoms with E-state index in [0.717, 1.165) is 34.1 Å². The van der Waals surface area contributed by atoms with Crippen molar-refractivity contribution >= 4 is 12.4 Å². The number of rotatable bonds is 8. The Labute approximate surface area is 155 Å². The second kappa shape index (κ2) is 10.0. The Balaban J connectivity index is 0.00000312. The Morgan fingerprint density at radius 3 is 1.92 bits per heavy atom. The fraction of sp³-hybridized carbons (Fsp3) is 0.368. The van der Waals surface area contributed by atoms with Gasteiger partial charge in [-0.25, -0.2) is 0 Å². The highest BCUT2D eigenvalue weighted by Gasteiger charge is 2.14. The second-order valence-electron chi connectivity index (χ2n) is 5.39. The fourth-order valence-corrected chi connectivity index (χ4v) is 2.57. The molecule has 0 bridgehead atoms. The first-order chi connectivity index (χ1) is 11.6. The number of benzene rings is 2. The van der Waals surface area contributed by atoms with Crippen molar-refractivity contribution in [1.29, 1.82) is 0 Å². The van der Waals surface area contributed by atoms with E-state index in [9.17, 15) is 0 Å². The molecular formula is C19H26ClNO4. The number of hydrogen-bond acceptors (Lipinski definition) is 5. The highest BCUT2D eigenvalue weighted by atomic mass is 35.5. The molecule has 0 aliphatic heterocycles. The lowest BCUT2D eigenvalue weighted by Gasteiger charge is -2.19. The maximum atomic E-state index is 5.46. The Morgan fingerprint density at radius 1 is 0.800 bits per heavy atom. The Hall–Kier alpha value is -2.11. The van der Waals surface area contributed by atoms with Gasteiger partial charge in [-0.15, -0.1) is 12.4 Å². The molecule has 0 amide bonds. The van der Waals surface area contributed by atoms with Crippen molar-refractivity contribution in [2.75, 3.05) is 28.4 Å². The molecule has 0 spiro atoms. The molecule has 0 saturated carbocycles. The van der Waals surface area contributed by atoms with Gasteiger partial charge in [0.2, 0.25) is 0 Å². The lowest BCUT2D eigenvalue weighted by Crippen LogP contribution is -2.19. The first-order valence-electron chi connectivity index (χ1n) is 7.79. The molecule has 25 heavy (non-hydrogen) atoms. The van der Waals surface area contributed by atoms with E-state index in [1.165, 1.54) is 0 Å². The molecule has 1 unspecified atom stereocenters. The highest BCUT2D eigenvalue weighted by molar-refractivity contribution is 5.85. The summed E-state index contributed by atoms with van der Waals surface area (Å²) in [6.45, 7) is 2.73. The molecule has 0 fully saturated rings. The predicted molar refractivity (Wildman–Crippen MR) is 102 cm³/mol. The van der Waals surface area contributed by atoms with Gasteiger partial charge < -0.3 is 24.3 Å². The summed E-state index contributed by atoms with van der Waals surface area (Å²) in [5.41, 5.74) is 2.07. The van der Waals surface area contributed by atoms with Gasteiger partial charge in [-0.1, -0.05) is 0 Å². The SMILES string of the molecule is COc1ccc(OC)c(CNC(C)c2cc(OC)ccc2OC)c1.Cl. The average molecular weight is 368 g/mol. The maximum absolute atomic E-state index is 5.46. The Kier molecular flexibility index (Phi) is 8.38. The third kappa shape index (κ3) is 5.18. The van der Waals surface area contributed by atoms with Crippen LogP contribution in [0.1, 0.15) is 24.1 Å². The van der Waals surface area contributed by atoms with Crippen LogP contribution in [0.4, 0.5) is 0 Å². The summed E-state index contributed by atoms with van der Waals surface area (Å²) in [6, 6.07) is 11.6. The van der Waals surface area contributed by atoms with Crippen LogP contribution in [0.2, 0.25) is 0 Å². The lowest BCUT2D eigenvalue weighted by atomic mass is 10.1. The summed E-state index contributed by atoms with van der Waals surface area (Å²) in [4.78, 5) is 0. The van der Waals surface area contributed by atoms with E-state index >= 15 is 0 Å². The van der Waals surface area contributed by atoms with Crippen molar-refractivity contribution in [1.82, 2.24) is 5.32 Å². The highest BCUT2D eigenvalue weighted by Crippen LogP contribution is 2.30. The van der Waals surface area contributed by atoms with Crippen molar-refractivity contribution in [2.24, 2.45) is 0 Å². The van der Waals surface area contributed by atoms with Crippen LogP contribution < -0.4 is 24.3 Å². The van der Waals surface area contributed by atoms with E-state index in [-0.39, 0.29) is 18.4 Å². The third-order valence-corrected chi connectivity index (χ3v) is 3.99. The molecule has 6 heteroatoms. The summed E-state index contributed by atoms with van der Waals surface area (Å²) in [5.74, 6) is 3.26. The lowest BCUT2D eigenvalue weighted by molar-refractivity contribution is 0.387. The van der Waals surface area contributed by atoms with E-state index in [1.807, 2.05) is 36.4 Å². The van der Waals surface area contributed by atoms with Crippen LogP contribution in [0.3, 0.4) is 0 Å². The van der Waals surface area contributed by atoms with Gasteiger partial charge in [-0.05, 0) is 43.3 Å². The van der Waals surface area contributed by atoms with E-state index < -0.39 is 0 Å². The molecule has 0 aromatic heterocycles.